The average Bonchev–Trinajstić information content (AvgIpc) is 2.78. The summed E-state index contributed by atoms with van der Waals surface area (Å²) in [5, 5.41) is 0. The average molecular weight is 353 g/mol. The molecule has 3 nitrogen and oxygen atoms in total. The van der Waals surface area contributed by atoms with E-state index in [1.807, 2.05) is 6.07 Å². The second kappa shape index (κ2) is 5.24. The van der Waals surface area contributed by atoms with Crippen molar-refractivity contribution in [2.75, 3.05) is 14.1 Å². The van der Waals surface area contributed by atoms with Crippen molar-refractivity contribution in [1.29, 1.82) is 0 Å². The molecule has 2 heterocycles. The first-order valence-electron chi connectivity index (χ1n) is 5.89. The molecule has 0 unspecified atom stereocenters. The van der Waals surface area contributed by atoms with Gasteiger partial charge in [-0.15, -0.1) is 0 Å². The Kier molecular flexibility index (Phi) is 3.87. The zero-order valence-electron chi connectivity index (χ0n) is 10.5. The Bertz CT molecular complexity index is 673. The van der Waals surface area contributed by atoms with Crippen molar-refractivity contribution < 1.29 is 28.9 Å². The van der Waals surface area contributed by atoms with E-state index in [2.05, 4.69) is 55.0 Å². The molecule has 0 amide bonds. The fourth-order valence-electron chi connectivity index (χ4n) is 2.26. The van der Waals surface area contributed by atoms with E-state index in [4.69, 9.17) is 4.98 Å². The number of quaternary nitrogens is 1. The van der Waals surface area contributed by atoms with Crippen LogP contribution < -0.4 is 28.9 Å². The minimum absolute atomic E-state index is 0. The van der Waals surface area contributed by atoms with Crippen molar-refractivity contribution in [3.63, 3.8) is 0 Å². The topological polar surface area (TPSA) is 21.7 Å². The van der Waals surface area contributed by atoms with Gasteiger partial charge in [0.05, 0.1) is 30.6 Å². The molecule has 3 rings (SSSR count). The first kappa shape index (κ1) is 13.3. The Morgan fingerprint density at radius 1 is 1.06 bits per heavy atom. The number of rotatable bonds is 2. The van der Waals surface area contributed by atoms with E-state index in [-0.39, 0.29) is 24.0 Å². The summed E-state index contributed by atoms with van der Waals surface area (Å²) in [5.41, 5.74) is 4.61. The van der Waals surface area contributed by atoms with Crippen molar-refractivity contribution in [2.45, 2.75) is 6.54 Å². The SMILES string of the molecule is C[NH+](C)Cc1nc2ccccc2n2cccc12.[I-]. The molecule has 0 bridgehead atoms. The Morgan fingerprint density at radius 2 is 1.78 bits per heavy atom. The Balaban J connectivity index is 0.00000120. The van der Waals surface area contributed by atoms with Crippen molar-refractivity contribution >= 4 is 16.6 Å². The van der Waals surface area contributed by atoms with E-state index < -0.39 is 0 Å². The summed E-state index contributed by atoms with van der Waals surface area (Å²) in [5.74, 6) is 0. The third-order valence-electron chi connectivity index (χ3n) is 2.96. The Morgan fingerprint density at radius 3 is 2.56 bits per heavy atom. The van der Waals surface area contributed by atoms with Crippen LogP contribution in [0.1, 0.15) is 5.69 Å². The van der Waals surface area contributed by atoms with Gasteiger partial charge in [0, 0.05) is 6.20 Å². The second-order valence-electron chi connectivity index (χ2n) is 4.69. The highest BCUT2D eigenvalue weighted by Crippen LogP contribution is 2.18. The molecular weight excluding hydrogens is 337 g/mol. The molecule has 0 aliphatic carbocycles. The number of aromatic nitrogens is 2. The van der Waals surface area contributed by atoms with Gasteiger partial charge in [0.25, 0.3) is 0 Å². The molecule has 2 aromatic heterocycles. The van der Waals surface area contributed by atoms with Crippen LogP contribution in [0, 0.1) is 0 Å². The molecule has 0 saturated carbocycles. The number of nitrogens with zero attached hydrogens (tertiary/aromatic N) is 2. The summed E-state index contributed by atoms with van der Waals surface area (Å²) in [4.78, 5) is 6.16. The molecular formula is C14H16IN3. The maximum atomic E-state index is 4.77. The predicted octanol–water partition coefficient (Wildman–Crippen LogP) is -1.86. The first-order chi connectivity index (χ1) is 8.25. The lowest BCUT2D eigenvalue weighted by Crippen LogP contribution is -3.04. The van der Waals surface area contributed by atoms with Crippen LogP contribution in [0.3, 0.4) is 0 Å². The van der Waals surface area contributed by atoms with Crippen molar-refractivity contribution in [3.8, 4) is 0 Å². The summed E-state index contributed by atoms with van der Waals surface area (Å²) in [6.07, 6.45) is 2.10. The summed E-state index contributed by atoms with van der Waals surface area (Å²) in [6.45, 7) is 0.943. The third-order valence-corrected chi connectivity index (χ3v) is 2.96. The van der Waals surface area contributed by atoms with Gasteiger partial charge in [0.15, 0.2) is 0 Å². The van der Waals surface area contributed by atoms with Crippen LogP contribution in [0.15, 0.2) is 42.6 Å². The van der Waals surface area contributed by atoms with E-state index in [0.29, 0.717) is 0 Å². The molecule has 0 aliphatic rings. The standard InChI is InChI=1S/C14H15N3.HI/c1-16(2)10-12-14-8-5-9-17(14)13-7-4-3-6-11(13)15-12;/h3-9H,10H2,1-2H3;1H. The largest absolute Gasteiger partial charge is 1.00 e. The van der Waals surface area contributed by atoms with Gasteiger partial charge in [-0.25, -0.2) is 4.98 Å². The van der Waals surface area contributed by atoms with E-state index in [9.17, 15) is 0 Å². The van der Waals surface area contributed by atoms with Crippen molar-refractivity contribution in [3.05, 3.63) is 48.3 Å². The second-order valence-corrected chi connectivity index (χ2v) is 4.69. The molecule has 4 heteroatoms. The molecule has 94 valence electrons. The summed E-state index contributed by atoms with van der Waals surface area (Å²) < 4.78 is 2.22. The van der Waals surface area contributed by atoms with Crippen LogP contribution >= 0.6 is 0 Å². The number of para-hydroxylation sites is 2. The lowest BCUT2D eigenvalue weighted by Gasteiger charge is -2.10. The number of hydrogen-bond acceptors (Lipinski definition) is 1. The molecule has 1 N–H and O–H groups in total. The van der Waals surface area contributed by atoms with E-state index in [1.54, 1.807) is 0 Å². The zero-order chi connectivity index (χ0) is 11.8. The normalized spacial score (nSPS) is 11.1. The lowest BCUT2D eigenvalue weighted by molar-refractivity contribution is -0.872. The number of halogens is 1. The summed E-state index contributed by atoms with van der Waals surface area (Å²) in [7, 11) is 4.30. The molecule has 0 saturated heterocycles. The molecule has 1 aromatic carbocycles. The number of nitrogens with one attached hydrogen (secondary N) is 1. The predicted molar refractivity (Wildman–Crippen MR) is 69.2 cm³/mol. The number of hydrogen-bond donors (Lipinski definition) is 1. The molecule has 0 aliphatic heterocycles. The fraction of sp³-hybridized carbons (Fsp3) is 0.214. The van der Waals surface area contributed by atoms with Gasteiger partial charge < -0.3 is 33.3 Å². The highest BCUT2D eigenvalue weighted by molar-refractivity contribution is 5.79. The quantitative estimate of drug-likeness (QED) is 0.536. The maximum absolute atomic E-state index is 4.77. The van der Waals surface area contributed by atoms with Gasteiger partial charge in [-0.3, -0.25) is 0 Å². The highest BCUT2D eigenvalue weighted by Gasteiger charge is 2.09. The van der Waals surface area contributed by atoms with Crippen LogP contribution in [0.5, 0.6) is 0 Å². The molecule has 0 radical (unpaired) electrons. The summed E-state index contributed by atoms with van der Waals surface area (Å²) in [6, 6.07) is 12.5. The third kappa shape index (κ3) is 2.22. The van der Waals surface area contributed by atoms with Crippen LogP contribution in [0.2, 0.25) is 0 Å². The number of fused-ring (bicyclic) bond motifs is 3. The van der Waals surface area contributed by atoms with Crippen molar-refractivity contribution in [1.82, 2.24) is 9.38 Å². The van der Waals surface area contributed by atoms with Gasteiger partial charge in [0.2, 0.25) is 0 Å². The van der Waals surface area contributed by atoms with Gasteiger partial charge in [-0.2, -0.15) is 0 Å². The monoisotopic (exact) mass is 353 g/mol. The zero-order valence-corrected chi connectivity index (χ0v) is 12.7. The highest BCUT2D eigenvalue weighted by atomic mass is 127. The van der Waals surface area contributed by atoms with Crippen LogP contribution in [0.25, 0.3) is 16.6 Å². The Hall–Kier alpha value is -1.14. The van der Waals surface area contributed by atoms with E-state index in [1.165, 1.54) is 15.9 Å². The van der Waals surface area contributed by atoms with Crippen LogP contribution in [-0.2, 0) is 6.54 Å². The van der Waals surface area contributed by atoms with Gasteiger partial charge in [-0.05, 0) is 24.3 Å². The molecule has 18 heavy (non-hydrogen) atoms. The molecule has 3 aromatic rings. The van der Waals surface area contributed by atoms with E-state index in [0.717, 1.165) is 17.8 Å². The van der Waals surface area contributed by atoms with E-state index >= 15 is 0 Å². The number of benzene rings is 1. The van der Waals surface area contributed by atoms with Gasteiger partial charge in [-0.1, -0.05) is 12.1 Å². The molecule has 0 spiro atoms. The summed E-state index contributed by atoms with van der Waals surface area (Å²) >= 11 is 0. The molecule has 0 fully saturated rings. The smallest absolute Gasteiger partial charge is 0.122 e. The Labute approximate surface area is 123 Å². The molecule has 0 atom stereocenters. The first-order valence-corrected chi connectivity index (χ1v) is 5.89. The van der Waals surface area contributed by atoms with Crippen LogP contribution in [0.4, 0.5) is 0 Å². The maximum Gasteiger partial charge on any atom is 0.122 e. The lowest BCUT2D eigenvalue weighted by atomic mass is 10.2. The minimum Gasteiger partial charge on any atom is -1.00 e. The van der Waals surface area contributed by atoms with Gasteiger partial charge in [0.1, 0.15) is 12.2 Å². The van der Waals surface area contributed by atoms with Crippen LogP contribution in [-0.4, -0.2) is 23.5 Å². The fourth-order valence-corrected chi connectivity index (χ4v) is 2.26. The van der Waals surface area contributed by atoms with Crippen molar-refractivity contribution in [2.24, 2.45) is 0 Å². The minimum atomic E-state index is 0. The van der Waals surface area contributed by atoms with Gasteiger partial charge >= 0.3 is 0 Å².